The van der Waals surface area contributed by atoms with E-state index in [2.05, 4.69) is 42.8 Å². The van der Waals surface area contributed by atoms with Crippen molar-refractivity contribution in [2.45, 2.75) is 78.0 Å². The molecule has 0 aromatic rings. The zero-order valence-electron chi connectivity index (χ0n) is 14.3. The van der Waals surface area contributed by atoms with Crippen molar-refractivity contribution in [1.29, 1.82) is 0 Å². The molecule has 4 heteroatoms. The van der Waals surface area contributed by atoms with Gasteiger partial charge in [-0.1, -0.05) is 34.1 Å². The smallest absolute Gasteiger partial charge is 0.241 e. The van der Waals surface area contributed by atoms with Gasteiger partial charge in [0.1, 0.15) is 0 Å². The molecule has 0 aromatic carbocycles. The van der Waals surface area contributed by atoms with Gasteiger partial charge < -0.3 is 4.90 Å². The Morgan fingerprint density at radius 2 is 2.10 bits per heavy atom. The highest BCUT2D eigenvalue weighted by Crippen LogP contribution is 2.24. The molecule has 0 spiro atoms. The molecule has 3 unspecified atom stereocenters. The van der Waals surface area contributed by atoms with Crippen molar-refractivity contribution in [2.24, 2.45) is 5.92 Å². The molecule has 2 rings (SSSR count). The van der Waals surface area contributed by atoms with E-state index in [1.807, 2.05) is 0 Å². The van der Waals surface area contributed by atoms with Crippen LogP contribution in [0, 0.1) is 5.92 Å². The minimum Gasteiger partial charge on any atom is -0.324 e. The number of rotatable bonds is 7. The van der Waals surface area contributed by atoms with Gasteiger partial charge in [0.15, 0.2) is 0 Å². The van der Waals surface area contributed by atoms with Crippen LogP contribution in [0.25, 0.3) is 0 Å². The molecule has 2 aliphatic heterocycles. The van der Waals surface area contributed by atoms with Crippen LogP contribution in [0.2, 0.25) is 0 Å². The summed E-state index contributed by atoms with van der Waals surface area (Å²) in [6.07, 6.45) is 5.92. The Morgan fingerprint density at radius 1 is 1.33 bits per heavy atom. The first kappa shape index (κ1) is 16.8. The molecule has 0 aliphatic carbocycles. The molecular weight excluding hydrogens is 262 g/mol. The number of likely N-dealkylation sites (tertiary alicyclic amines) is 1. The minimum atomic E-state index is 0.0398. The van der Waals surface area contributed by atoms with Crippen molar-refractivity contribution in [2.75, 3.05) is 19.6 Å². The third kappa shape index (κ3) is 3.98. The van der Waals surface area contributed by atoms with Gasteiger partial charge >= 0.3 is 0 Å². The largest absolute Gasteiger partial charge is 0.324 e. The predicted octanol–water partition coefficient (Wildman–Crippen LogP) is 2.44. The van der Waals surface area contributed by atoms with Crippen molar-refractivity contribution in [1.82, 2.24) is 15.1 Å². The van der Waals surface area contributed by atoms with Crippen LogP contribution < -0.4 is 5.32 Å². The molecule has 0 bridgehead atoms. The van der Waals surface area contributed by atoms with E-state index < -0.39 is 0 Å². The van der Waals surface area contributed by atoms with E-state index in [1.54, 1.807) is 0 Å². The maximum atomic E-state index is 12.8. The Balaban J connectivity index is 2.01. The average Bonchev–Trinajstić information content (AvgIpc) is 2.99. The lowest BCUT2D eigenvalue weighted by Gasteiger charge is -2.31. The van der Waals surface area contributed by atoms with Crippen molar-refractivity contribution < 1.29 is 4.79 Å². The minimum absolute atomic E-state index is 0.0398. The van der Waals surface area contributed by atoms with Crippen LogP contribution in [0.1, 0.15) is 59.8 Å². The molecule has 2 fully saturated rings. The van der Waals surface area contributed by atoms with Crippen LogP contribution in [-0.2, 0) is 4.79 Å². The number of carbonyl (C=O) groups excluding carboxylic acids is 1. The lowest BCUT2D eigenvalue weighted by atomic mass is 10.0. The zero-order valence-corrected chi connectivity index (χ0v) is 14.3. The number of carbonyl (C=O) groups is 1. The van der Waals surface area contributed by atoms with E-state index in [9.17, 15) is 4.79 Å². The summed E-state index contributed by atoms with van der Waals surface area (Å²) in [6, 6.07) is 0.607. The lowest BCUT2D eigenvalue weighted by molar-refractivity contribution is -0.131. The SMILES string of the molecule is CCCC1NC(CC(C)C)C(=O)N1CC1CCCN1CC. The third-order valence-electron chi connectivity index (χ3n) is 4.93. The first-order valence-corrected chi connectivity index (χ1v) is 8.87. The van der Waals surface area contributed by atoms with Crippen molar-refractivity contribution in [3.8, 4) is 0 Å². The second kappa shape index (κ2) is 7.59. The van der Waals surface area contributed by atoms with Crippen molar-refractivity contribution in [3.63, 3.8) is 0 Å². The molecule has 2 heterocycles. The Labute approximate surface area is 130 Å². The van der Waals surface area contributed by atoms with Crippen molar-refractivity contribution in [3.05, 3.63) is 0 Å². The molecule has 2 saturated heterocycles. The van der Waals surface area contributed by atoms with Gasteiger partial charge in [-0.25, -0.2) is 0 Å². The van der Waals surface area contributed by atoms with Gasteiger partial charge in [0, 0.05) is 12.6 Å². The topological polar surface area (TPSA) is 35.6 Å². The van der Waals surface area contributed by atoms with Crippen LogP contribution in [-0.4, -0.2) is 53.6 Å². The number of likely N-dealkylation sites (N-methyl/N-ethyl adjacent to an activating group) is 1. The fourth-order valence-corrected chi connectivity index (χ4v) is 3.86. The highest BCUT2D eigenvalue weighted by molar-refractivity contribution is 5.84. The van der Waals surface area contributed by atoms with E-state index in [0.717, 1.165) is 32.4 Å². The van der Waals surface area contributed by atoms with Gasteiger partial charge in [-0.15, -0.1) is 0 Å². The summed E-state index contributed by atoms with van der Waals surface area (Å²) in [5, 5.41) is 3.59. The molecule has 0 radical (unpaired) electrons. The Morgan fingerprint density at radius 3 is 2.71 bits per heavy atom. The predicted molar refractivity (Wildman–Crippen MR) is 87.1 cm³/mol. The summed E-state index contributed by atoms with van der Waals surface area (Å²) >= 11 is 0. The molecule has 122 valence electrons. The average molecular weight is 295 g/mol. The molecule has 21 heavy (non-hydrogen) atoms. The third-order valence-corrected chi connectivity index (χ3v) is 4.93. The van der Waals surface area contributed by atoms with E-state index in [0.29, 0.717) is 17.9 Å². The molecule has 4 nitrogen and oxygen atoms in total. The molecule has 1 amide bonds. The van der Waals surface area contributed by atoms with Crippen LogP contribution in [0.4, 0.5) is 0 Å². The van der Waals surface area contributed by atoms with Crippen LogP contribution in [0.5, 0.6) is 0 Å². The second-order valence-corrected chi connectivity index (χ2v) is 7.07. The first-order chi connectivity index (χ1) is 10.1. The van der Waals surface area contributed by atoms with Crippen LogP contribution >= 0.6 is 0 Å². The highest BCUT2D eigenvalue weighted by atomic mass is 16.2. The Kier molecular flexibility index (Phi) is 6.06. The molecule has 3 atom stereocenters. The highest BCUT2D eigenvalue weighted by Gasteiger charge is 2.40. The zero-order chi connectivity index (χ0) is 15.4. The van der Waals surface area contributed by atoms with Crippen LogP contribution in [0.3, 0.4) is 0 Å². The molecule has 2 aliphatic rings. The standard InChI is InChI=1S/C17H33N3O/c1-5-8-16-18-15(11-13(3)4)17(21)20(16)12-14-9-7-10-19(14)6-2/h13-16,18H,5-12H2,1-4H3. The summed E-state index contributed by atoms with van der Waals surface area (Å²) in [5.41, 5.74) is 0. The van der Waals surface area contributed by atoms with Gasteiger partial charge in [-0.3, -0.25) is 15.0 Å². The number of hydrogen-bond acceptors (Lipinski definition) is 3. The number of nitrogens with zero attached hydrogens (tertiary/aromatic N) is 2. The summed E-state index contributed by atoms with van der Waals surface area (Å²) < 4.78 is 0. The monoisotopic (exact) mass is 295 g/mol. The fraction of sp³-hybridized carbons (Fsp3) is 0.941. The van der Waals surface area contributed by atoms with E-state index in [1.165, 1.54) is 19.4 Å². The van der Waals surface area contributed by atoms with E-state index in [-0.39, 0.29) is 12.2 Å². The summed E-state index contributed by atoms with van der Waals surface area (Å²) in [6.45, 7) is 12.0. The van der Waals surface area contributed by atoms with Crippen molar-refractivity contribution >= 4 is 5.91 Å². The molecule has 0 saturated carbocycles. The summed E-state index contributed by atoms with van der Waals surface area (Å²) in [7, 11) is 0. The van der Waals surface area contributed by atoms with Crippen LogP contribution in [0.15, 0.2) is 0 Å². The Bertz CT molecular complexity index is 345. The quantitative estimate of drug-likeness (QED) is 0.783. The normalized spacial score (nSPS) is 30.8. The summed E-state index contributed by atoms with van der Waals surface area (Å²) in [4.78, 5) is 17.4. The maximum Gasteiger partial charge on any atom is 0.241 e. The fourth-order valence-electron chi connectivity index (χ4n) is 3.86. The molecular formula is C17H33N3O. The molecule has 0 aromatic heterocycles. The first-order valence-electron chi connectivity index (χ1n) is 8.87. The van der Waals surface area contributed by atoms with Gasteiger partial charge in [-0.05, 0) is 44.7 Å². The number of hydrogen-bond donors (Lipinski definition) is 1. The molecule has 1 N–H and O–H groups in total. The van der Waals surface area contributed by atoms with Gasteiger partial charge in [-0.2, -0.15) is 0 Å². The van der Waals surface area contributed by atoms with Gasteiger partial charge in [0.25, 0.3) is 0 Å². The van der Waals surface area contributed by atoms with Gasteiger partial charge in [0.05, 0.1) is 12.2 Å². The summed E-state index contributed by atoms with van der Waals surface area (Å²) in [5.74, 6) is 0.900. The van der Waals surface area contributed by atoms with Gasteiger partial charge in [0.2, 0.25) is 5.91 Å². The number of amides is 1. The maximum absolute atomic E-state index is 12.8. The lowest BCUT2D eigenvalue weighted by Crippen LogP contribution is -2.45. The Hall–Kier alpha value is -0.610. The second-order valence-electron chi connectivity index (χ2n) is 7.07. The van der Waals surface area contributed by atoms with E-state index in [4.69, 9.17) is 0 Å². The van der Waals surface area contributed by atoms with E-state index >= 15 is 0 Å². The number of nitrogens with one attached hydrogen (secondary N) is 1.